The molecule has 96 valence electrons. The summed E-state index contributed by atoms with van der Waals surface area (Å²) < 4.78 is 0. The molecule has 0 amide bonds. The van der Waals surface area contributed by atoms with Gasteiger partial charge < -0.3 is 5.73 Å². The molecule has 0 aliphatic heterocycles. The summed E-state index contributed by atoms with van der Waals surface area (Å²) in [6.45, 7) is 14.0. The Hall–Kier alpha value is -0.530. The summed E-state index contributed by atoms with van der Waals surface area (Å²) in [5.74, 6) is 0.774. The van der Waals surface area contributed by atoms with E-state index in [4.69, 9.17) is 5.73 Å². The van der Waals surface area contributed by atoms with E-state index < -0.39 is 0 Å². The third kappa shape index (κ3) is 6.86. The lowest BCUT2D eigenvalue weighted by Gasteiger charge is -2.24. The van der Waals surface area contributed by atoms with E-state index in [0.717, 1.165) is 12.4 Å². The van der Waals surface area contributed by atoms with Gasteiger partial charge in [-0.25, -0.2) is 0 Å². The monoisotopic (exact) mass is 226 g/mol. The summed E-state index contributed by atoms with van der Waals surface area (Å²) in [6, 6.07) is 0. The van der Waals surface area contributed by atoms with Crippen LogP contribution >= 0.6 is 0 Å². The molecular weight excluding hydrogens is 196 g/mol. The third-order valence-corrected chi connectivity index (χ3v) is 2.90. The molecule has 0 aromatic heterocycles. The summed E-state index contributed by atoms with van der Waals surface area (Å²) in [5, 5.41) is 0. The van der Waals surface area contributed by atoms with Crippen molar-refractivity contribution in [2.75, 3.05) is 6.54 Å². The second-order valence-corrected chi connectivity index (χ2v) is 6.57. The van der Waals surface area contributed by atoms with Gasteiger partial charge in [-0.15, -0.1) is 0 Å². The molecular formula is C14H30N2. The minimum atomic E-state index is -0.000497. The van der Waals surface area contributed by atoms with Crippen LogP contribution in [0, 0.1) is 10.8 Å². The van der Waals surface area contributed by atoms with Crippen molar-refractivity contribution in [2.45, 2.75) is 67.2 Å². The molecule has 0 radical (unpaired) electrons. The molecule has 2 heteroatoms. The van der Waals surface area contributed by atoms with Crippen LogP contribution in [0.25, 0.3) is 0 Å². The minimum absolute atomic E-state index is 0.000497. The van der Waals surface area contributed by atoms with Gasteiger partial charge in [-0.1, -0.05) is 60.8 Å². The highest BCUT2D eigenvalue weighted by Gasteiger charge is 2.19. The second kappa shape index (κ2) is 6.27. The molecule has 0 unspecified atom stereocenters. The molecule has 0 aromatic carbocycles. The summed E-state index contributed by atoms with van der Waals surface area (Å²) in [6.07, 6.45) is 5.14. The van der Waals surface area contributed by atoms with E-state index in [-0.39, 0.29) is 10.8 Å². The maximum absolute atomic E-state index is 5.96. The van der Waals surface area contributed by atoms with E-state index in [2.05, 4.69) is 46.5 Å². The minimum Gasteiger partial charge on any atom is -0.387 e. The van der Waals surface area contributed by atoms with Crippen LogP contribution in [0.15, 0.2) is 4.99 Å². The lowest BCUT2D eigenvalue weighted by Crippen LogP contribution is -2.30. The van der Waals surface area contributed by atoms with Gasteiger partial charge in [0.05, 0.1) is 5.84 Å². The van der Waals surface area contributed by atoms with Crippen LogP contribution in [0.2, 0.25) is 0 Å². The molecule has 2 N–H and O–H groups in total. The zero-order valence-corrected chi connectivity index (χ0v) is 12.1. The van der Waals surface area contributed by atoms with Crippen molar-refractivity contribution in [2.24, 2.45) is 21.6 Å². The largest absolute Gasteiger partial charge is 0.387 e. The number of amidine groups is 1. The fourth-order valence-electron chi connectivity index (χ4n) is 1.47. The van der Waals surface area contributed by atoms with E-state index in [9.17, 15) is 0 Å². The van der Waals surface area contributed by atoms with Gasteiger partial charge in [-0.3, -0.25) is 4.99 Å². The van der Waals surface area contributed by atoms with Gasteiger partial charge in [0.25, 0.3) is 0 Å². The highest BCUT2D eigenvalue weighted by Crippen LogP contribution is 2.24. The number of rotatable bonds is 6. The SMILES string of the molecule is CCCCCC(C)(C)CN=C(N)C(C)(C)C. The number of unbranched alkanes of at least 4 members (excludes halogenated alkanes) is 2. The molecule has 0 rings (SSSR count). The van der Waals surface area contributed by atoms with Crippen molar-refractivity contribution in [3.63, 3.8) is 0 Å². The van der Waals surface area contributed by atoms with Crippen LogP contribution in [0.3, 0.4) is 0 Å². The normalized spacial score (nSPS) is 14.2. The van der Waals surface area contributed by atoms with Crippen LogP contribution in [-0.4, -0.2) is 12.4 Å². The first kappa shape index (κ1) is 15.5. The number of nitrogens with zero attached hydrogens (tertiary/aromatic N) is 1. The van der Waals surface area contributed by atoms with Gasteiger partial charge in [0.15, 0.2) is 0 Å². The zero-order valence-electron chi connectivity index (χ0n) is 12.1. The molecule has 0 aliphatic rings. The van der Waals surface area contributed by atoms with Crippen LogP contribution in [0.1, 0.15) is 67.2 Å². The summed E-state index contributed by atoms with van der Waals surface area (Å²) in [5.41, 5.74) is 6.25. The number of aliphatic imine (C=N–C) groups is 1. The number of hydrogen-bond donors (Lipinski definition) is 1. The number of hydrogen-bond acceptors (Lipinski definition) is 1. The Balaban J connectivity index is 4.16. The van der Waals surface area contributed by atoms with E-state index in [1.54, 1.807) is 0 Å². The third-order valence-electron chi connectivity index (χ3n) is 2.90. The van der Waals surface area contributed by atoms with Gasteiger partial charge in [0.2, 0.25) is 0 Å². The molecule has 2 nitrogen and oxygen atoms in total. The predicted octanol–water partition coefficient (Wildman–Crippen LogP) is 4.00. The van der Waals surface area contributed by atoms with Gasteiger partial charge in [-0.05, 0) is 11.8 Å². The van der Waals surface area contributed by atoms with Crippen molar-refractivity contribution >= 4 is 5.84 Å². The Kier molecular flexibility index (Phi) is 6.06. The first-order chi connectivity index (χ1) is 7.19. The Labute approximate surface area is 102 Å². The quantitative estimate of drug-likeness (QED) is 0.415. The maximum Gasteiger partial charge on any atom is 0.0991 e. The number of nitrogens with two attached hydrogens (primary N) is 1. The average molecular weight is 226 g/mol. The zero-order chi connectivity index (χ0) is 12.8. The fraction of sp³-hybridized carbons (Fsp3) is 0.929. The summed E-state index contributed by atoms with van der Waals surface area (Å²) >= 11 is 0. The Morgan fingerprint density at radius 3 is 2.06 bits per heavy atom. The van der Waals surface area contributed by atoms with Crippen molar-refractivity contribution < 1.29 is 0 Å². The molecule has 0 aromatic rings. The van der Waals surface area contributed by atoms with E-state index in [1.165, 1.54) is 25.7 Å². The molecule has 0 spiro atoms. The molecule has 0 saturated heterocycles. The van der Waals surface area contributed by atoms with Crippen LogP contribution in [-0.2, 0) is 0 Å². The fourth-order valence-corrected chi connectivity index (χ4v) is 1.47. The van der Waals surface area contributed by atoms with Gasteiger partial charge in [0.1, 0.15) is 0 Å². The highest BCUT2D eigenvalue weighted by atomic mass is 14.9. The topological polar surface area (TPSA) is 38.4 Å². The van der Waals surface area contributed by atoms with Crippen molar-refractivity contribution in [3.8, 4) is 0 Å². The molecule has 16 heavy (non-hydrogen) atoms. The molecule has 0 atom stereocenters. The predicted molar refractivity (Wildman–Crippen MR) is 73.9 cm³/mol. The van der Waals surface area contributed by atoms with Crippen LogP contribution < -0.4 is 5.73 Å². The van der Waals surface area contributed by atoms with Crippen molar-refractivity contribution in [1.29, 1.82) is 0 Å². The molecule has 0 heterocycles. The summed E-state index contributed by atoms with van der Waals surface area (Å²) in [4.78, 5) is 4.54. The molecule has 0 saturated carbocycles. The van der Waals surface area contributed by atoms with E-state index in [1.807, 2.05) is 0 Å². The van der Waals surface area contributed by atoms with Crippen LogP contribution in [0.4, 0.5) is 0 Å². The van der Waals surface area contributed by atoms with E-state index >= 15 is 0 Å². The Morgan fingerprint density at radius 2 is 1.62 bits per heavy atom. The maximum atomic E-state index is 5.96. The Bertz CT molecular complexity index is 221. The molecule has 0 aliphatic carbocycles. The van der Waals surface area contributed by atoms with Crippen LogP contribution in [0.5, 0.6) is 0 Å². The first-order valence-electron chi connectivity index (χ1n) is 6.49. The smallest absolute Gasteiger partial charge is 0.0991 e. The Morgan fingerprint density at radius 1 is 1.06 bits per heavy atom. The standard InChI is InChI=1S/C14H30N2/c1-7-8-9-10-14(5,6)11-16-12(15)13(2,3)4/h7-11H2,1-6H3,(H2,15,16). The summed E-state index contributed by atoms with van der Waals surface area (Å²) in [7, 11) is 0. The van der Waals surface area contributed by atoms with Gasteiger partial charge in [-0.2, -0.15) is 0 Å². The molecule has 0 fully saturated rings. The highest BCUT2D eigenvalue weighted by molar-refractivity contribution is 5.85. The first-order valence-corrected chi connectivity index (χ1v) is 6.49. The van der Waals surface area contributed by atoms with E-state index in [0.29, 0.717) is 0 Å². The lowest BCUT2D eigenvalue weighted by atomic mass is 9.86. The second-order valence-electron chi connectivity index (χ2n) is 6.57. The average Bonchev–Trinajstić information content (AvgIpc) is 2.13. The van der Waals surface area contributed by atoms with Crippen molar-refractivity contribution in [3.05, 3.63) is 0 Å². The van der Waals surface area contributed by atoms with Gasteiger partial charge in [0, 0.05) is 12.0 Å². The lowest BCUT2D eigenvalue weighted by molar-refractivity contribution is 0.332. The molecule has 0 bridgehead atoms. The van der Waals surface area contributed by atoms with Gasteiger partial charge >= 0.3 is 0 Å². The van der Waals surface area contributed by atoms with Crippen molar-refractivity contribution in [1.82, 2.24) is 0 Å².